The molecule has 0 spiro atoms. The monoisotopic (exact) mass is 180 g/mol. The number of nitrogens with zero attached hydrogens (tertiary/aromatic N) is 1. The zero-order valence-electron chi connectivity index (χ0n) is 5.17. The van der Waals surface area contributed by atoms with Gasteiger partial charge in [0.05, 0.1) is 0 Å². The van der Waals surface area contributed by atoms with Gasteiger partial charge < -0.3 is 0 Å². The summed E-state index contributed by atoms with van der Waals surface area (Å²) in [7, 11) is 0. The molecule has 45 valence electrons. The fraction of sp³-hybridized carbons (Fsp3) is 0.286. The first-order chi connectivity index (χ1) is 4.43. The van der Waals surface area contributed by atoms with Gasteiger partial charge in [-0.25, -0.2) is 0 Å². The van der Waals surface area contributed by atoms with Crippen molar-refractivity contribution in [2.75, 3.05) is 0 Å². The minimum absolute atomic E-state index is 1.17. The second kappa shape index (κ2) is 3.67. The topological polar surface area (TPSA) is 12.9 Å². The molecular weight excluding hydrogens is 171 g/mol. The van der Waals surface area contributed by atoms with E-state index >= 15 is 0 Å². The molecule has 0 aliphatic carbocycles. The summed E-state index contributed by atoms with van der Waals surface area (Å²) in [6.45, 7) is 0. The quantitative estimate of drug-likeness (QED) is 0.621. The maximum absolute atomic E-state index is 3.93. The molecule has 1 aromatic rings. The molecule has 0 atom stereocenters. The van der Waals surface area contributed by atoms with E-state index in [9.17, 15) is 0 Å². The van der Waals surface area contributed by atoms with Crippen molar-refractivity contribution in [1.82, 2.24) is 4.98 Å². The standard InChI is InChI=1S/C7H8GeN/c8-4-1-7-2-5-9-6-3-7/h2-3,5-6H,1,4H2. The average molecular weight is 179 g/mol. The Kier molecular flexibility index (Phi) is 2.77. The first-order valence-corrected chi connectivity index (χ1v) is 4.45. The van der Waals surface area contributed by atoms with Crippen molar-refractivity contribution in [3.05, 3.63) is 30.1 Å². The summed E-state index contributed by atoms with van der Waals surface area (Å²) in [4.78, 5) is 3.93. The summed E-state index contributed by atoms with van der Waals surface area (Å²) < 4.78 is 0. The van der Waals surface area contributed by atoms with Crippen LogP contribution < -0.4 is 0 Å². The van der Waals surface area contributed by atoms with E-state index in [1.807, 2.05) is 12.4 Å². The van der Waals surface area contributed by atoms with Crippen LogP contribution in [-0.2, 0) is 6.42 Å². The molecule has 0 fully saturated rings. The number of hydrogen-bond acceptors (Lipinski definition) is 1. The normalized spacial score (nSPS) is 9.44. The van der Waals surface area contributed by atoms with Crippen molar-refractivity contribution < 1.29 is 0 Å². The van der Waals surface area contributed by atoms with E-state index in [2.05, 4.69) is 33.6 Å². The van der Waals surface area contributed by atoms with Crippen molar-refractivity contribution in [1.29, 1.82) is 0 Å². The summed E-state index contributed by atoms with van der Waals surface area (Å²) in [5, 5.41) is 1.21. The van der Waals surface area contributed by atoms with Gasteiger partial charge in [-0.15, -0.1) is 0 Å². The van der Waals surface area contributed by atoms with Crippen molar-refractivity contribution in [2.24, 2.45) is 0 Å². The molecule has 1 rings (SSSR count). The van der Waals surface area contributed by atoms with E-state index in [0.717, 1.165) is 0 Å². The molecule has 3 radical (unpaired) electrons. The molecule has 0 N–H and O–H groups in total. The van der Waals surface area contributed by atoms with E-state index < -0.39 is 0 Å². The number of aromatic nitrogens is 1. The molecule has 0 saturated heterocycles. The van der Waals surface area contributed by atoms with Gasteiger partial charge >= 0.3 is 63.3 Å². The van der Waals surface area contributed by atoms with Gasteiger partial charge in [0.1, 0.15) is 0 Å². The summed E-state index contributed by atoms with van der Waals surface area (Å²) in [5.41, 5.74) is 1.38. The fourth-order valence-corrected chi connectivity index (χ4v) is 1.30. The van der Waals surface area contributed by atoms with E-state index in [4.69, 9.17) is 0 Å². The first kappa shape index (κ1) is 6.81. The minimum atomic E-state index is 1.17. The third kappa shape index (κ3) is 2.18. The van der Waals surface area contributed by atoms with Crippen molar-refractivity contribution in [3.63, 3.8) is 0 Å². The first-order valence-electron chi connectivity index (χ1n) is 2.97. The van der Waals surface area contributed by atoms with Crippen molar-refractivity contribution in [3.8, 4) is 0 Å². The van der Waals surface area contributed by atoms with Gasteiger partial charge in [-0.05, 0) is 0 Å². The summed E-state index contributed by atoms with van der Waals surface area (Å²) in [6.07, 6.45) is 4.85. The molecule has 1 aromatic heterocycles. The molecule has 0 aliphatic heterocycles. The fourth-order valence-electron chi connectivity index (χ4n) is 0.694. The predicted octanol–water partition coefficient (Wildman–Crippen LogP) is 1.21. The molecule has 0 unspecified atom stereocenters. The van der Waals surface area contributed by atoms with E-state index in [-0.39, 0.29) is 0 Å². The van der Waals surface area contributed by atoms with E-state index in [1.165, 1.54) is 17.2 Å². The Morgan fingerprint density at radius 2 is 2.00 bits per heavy atom. The number of rotatable bonds is 2. The van der Waals surface area contributed by atoms with Gasteiger partial charge in [0.15, 0.2) is 0 Å². The summed E-state index contributed by atoms with van der Waals surface area (Å²) in [6, 6.07) is 4.12. The maximum atomic E-state index is 3.93. The Balaban J connectivity index is 2.61. The zero-order valence-corrected chi connectivity index (χ0v) is 7.27. The number of hydrogen-bond donors (Lipinski definition) is 0. The van der Waals surface area contributed by atoms with Gasteiger partial charge in [0.2, 0.25) is 0 Å². The summed E-state index contributed by atoms with van der Waals surface area (Å²) in [5.74, 6) is 0. The third-order valence-electron chi connectivity index (χ3n) is 1.16. The second-order valence-corrected chi connectivity index (χ2v) is 2.90. The molecule has 0 bridgehead atoms. The predicted molar refractivity (Wildman–Crippen MR) is 38.5 cm³/mol. The van der Waals surface area contributed by atoms with Crippen molar-refractivity contribution in [2.45, 2.75) is 11.7 Å². The average Bonchev–Trinajstić information content (AvgIpc) is 1.91. The molecule has 1 nitrogen and oxygen atoms in total. The Morgan fingerprint density at radius 1 is 1.33 bits per heavy atom. The number of aryl methyl sites for hydroxylation is 1. The third-order valence-corrected chi connectivity index (χ3v) is 1.69. The molecule has 0 saturated carbocycles. The van der Waals surface area contributed by atoms with Gasteiger partial charge in [0.25, 0.3) is 0 Å². The molecule has 0 amide bonds. The zero-order chi connectivity index (χ0) is 6.53. The van der Waals surface area contributed by atoms with Crippen LogP contribution in [0.1, 0.15) is 5.56 Å². The van der Waals surface area contributed by atoms with Crippen LogP contribution in [-0.4, -0.2) is 21.5 Å². The van der Waals surface area contributed by atoms with Crippen LogP contribution in [0.2, 0.25) is 5.25 Å². The molecular formula is C7H8GeN. The van der Waals surface area contributed by atoms with Gasteiger partial charge in [-0.1, -0.05) is 0 Å². The Morgan fingerprint density at radius 3 is 2.56 bits per heavy atom. The summed E-state index contributed by atoms with van der Waals surface area (Å²) >= 11 is 2.18. The van der Waals surface area contributed by atoms with Crippen LogP contribution in [0.3, 0.4) is 0 Å². The van der Waals surface area contributed by atoms with Crippen LogP contribution in [0.15, 0.2) is 24.5 Å². The SMILES string of the molecule is [Ge][CH2]Cc1ccncc1. The van der Waals surface area contributed by atoms with Crippen molar-refractivity contribution >= 4 is 16.5 Å². The Labute approximate surface area is 63.7 Å². The van der Waals surface area contributed by atoms with Crippen LogP contribution in [0.25, 0.3) is 0 Å². The second-order valence-electron chi connectivity index (χ2n) is 1.86. The molecule has 0 aliphatic rings. The van der Waals surface area contributed by atoms with Gasteiger partial charge in [-0.2, -0.15) is 0 Å². The van der Waals surface area contributed by atoms with Crippen LogP contribution in [0.5, 0.6) is 0 Å². The van der Waals surface area contributed by atoms with Gasteiger partial charge in [0, 0.05) is 0 Å². The van der Waals surface area contributed by atoms with Gasteiger partial charge in [-0.3, -0.25) is 0 Å². The number of pyridine rings is 1. The van der Waals surface area contributed by atoms with E-state index in [0.29, 0.717) is 0 Å². The molecule has 1 heterocycles. The van der Waals surface area contributed by atoms with Crippen LogP contribution in [0, 0.1) is 0 Å². The Hall–Kier alpha value is -0.307. The molecule has 2 heteroatoms. The molecule has 9 heavy (non-hydrogen) atoms. The molecule has 0 aromatic carbocycles. The van der Waals surface area contributed by atoms with Crippen LogP contribution in [0.4, 0.5) is 0 Å². The van der Waals surface area contributed by atoms with E-state index in [1.54, 1.807) is 0 Å². The Bertz CT molecular complexity index is 162. The van der Waals surface area contributed by atoms with Crippen LogP contribution >= 0.6 is 0 Å².